The number of hydrogen-bond acceptors (Lipinski definition) is 3. The van der Waals surface area contributed by atoms with Crippen LogP contribution in [0.2, 0.25) is 0 Å². The maximum atomic E-state index is 12.7. The van der Waals surface area contributed by atoms with Crippen LogP contribution in [0.5, 0.6) is 0 Å². The lowest BCUT2D eigenvalue weighted by molar-refractivity contribution is -0.139. The molecule has 0 radical (unpaired) electrons. The van der Waals surface area contributed by atoms with E-state index >= 15 is 0 Å². The Balaban J connectivity index is 2.03. The van der Waals surface area contributed by atoms with Gasteiger partial charge in [-0.1, -0.05) is 6.92 Å². The fraction of sp³-hybridized carbons (Fsp3) is 0.929. The van der Waals surface area contributed by atoms with Gasteiger partial charge in [0.2, 0.25) is 5.91 Å². The van der Waals surface area contributed by atoms with Crippen molar-refractivity contribution in [2.45, 2.75) is 39.4 Å². The molecule has 0 aromatic rings. The Kier molecular flexibility index (Phi) is 4.28. The maximum Gasteiger partial charge on any atom is 0.228 e. The van der Waals surface area contributed by atoms with Crippen LogP contribution in [0.4, 0.5) is 0 Å². The molecule has 2 aliphatic rings. The van der Waals surface area contributed by atoms with Crippen molar-refractivity contribution >= 4 is 5.91 Å². The lowest BCUT2D eigenvalue weighted by Gasteiger charge is -2.35. The molecule has 2 fully saturated rings. The highest BCUT2D eigenvalue weighted by Gasteiger charge is 2.44. The molecule has 4 unspecified atom stereocenters. The van der Waals surface area contributed by atoms with Gasteiger partial charge in [0.05, 0.1) is 18.1 Å². The van der Waals surface area contributed by atoms with Crippen molar-refractivity contribution in [3.05, 3.63) is 0 Å². The van der Waals surface area contributed by atoms with E-state index in [1.54, 1.807) is 0 Å². The second-order valence-corrected chi connectivity index (χ2v) is 5.77. The fourth-order valence-corrected chi connectivity index (χ4v) is 3.37. The number of ether oxygens (including phenoxy) is 1. The van der Waals surface area contributed by atoms with Crippen LogP contribution < -0.4 is 0 Å². The predicted octanol–water partition coefficient (Wildman–Crippen LogP) is 1.21. The summed E-state index contributed by atoms with van der Waals surface area (Å²) < 4.78 is 5.85. The summed E-state index contributed by atoms with van der Waals surface area (Å²) in [7, 11) is 2.11. The first kappa shape index (κ1) is 13.8. The van der Waals surface area contributed by atoms with Crippen LogP contribution >= 0.6 is 0 Å². The van der Waals surface area contributed by atoms with E-state index in [-0.39, 0.29) is 18.1 Å². The number of piperazine rings is 1. The van der Waals surface area contributed by atoms with Crippen molar-refractivity contribution in [1.29, 1.82) is 0 Å². The molecule has 0 aliphatic carbocycles. The highest BCUT2D eigenvalue weighted by atomic mass is 16.5. The molecule has 0 aromatic heterocycles. The monoisotopic (exact) mass is 254 g/mol. The molecule has 0 aromatic carbocycles. The molecule has 4 nitrogen and oxygen atoms in total. The number of carbonyl (C=O) groups is 1. The predicted molar refractivity (Wildman–Crippen MR) is 71.4 cm³/mol. The summed E-state index contributed by atoms with van der Waals surface area (Å²) in [5, 5.41) is 0. The number of likely N-dealkylation sites (N-methyl/N-ethyl adjacent to an activating group) is 1. The van der Waals surface area contributed by atoms with Crippen LogP contribution in [0.15, 0.2) is 0 Å². The van der Waals surface area contributed by atoms with Gasteiger partial charge >= 0.3 is 0 Å². The number of hydrogen-bond donors (Lipinski definition) is 0. The van der Waals surface area contributed by atoms with Crippen molar-refractivity contribution in [1.82, 2.24) is 9.80 Å². The molecular weight excluding hydrogens is 228 g/mol. The van der Waals surface area contributed by atoms with E-state index < -0.39 is 0 Å². The summed E-state index contributed by atoms with van der Waals surface area (Å²) in [6.07, 6.45) is 1.30. The summed E-state index contributed by atoms with van der Waals surface area (Å²) in [5.74, 6) is 0.757. The minimum absolute atomic E-state index is 0.0633. The minimum Gasteiger partial charge on any atom is -0.374 e. The second kappa shape index (κ2) is 5.57. The Bertz CT molecular complexity index is 300. The van der Waals surface area contributed by atoms with Crippen molar-refractivity contribution in [3.8, 4) is 0 Å². The lowest BCUT2D eigenvalue weighted by atomic mass is 9.85. The first-order valence-electron chi connectivity index (χ1n) is 7.17. The molecule has 1 amide bonds. The van der Waals surface area contributed by atoms with E-state index in [1.807, 2.05) is 11.8 Å². The molecule has 2 rings (SSSR count). The van der Waals surface area contributed by atoms with Gasteiger partial charge in [-0.25, -0.2) is 0 Å². The molecule has 2 aliphatic heterocycles. The van der Waals surface area contributed by atoms with Crippen molar-refractivity contribution in [2.75, 3.05) is 33.2 Å². The molecule has 4 heteroatoms. The number of rotatable bonds is 2. The second-order valence-electron chi connectivity index (χ2n) is 5.77. The van der Waals surface area contributed by atoms with Gasteiger partial charge in [-0.05, 0) is 33.2 Å². The quantitative estimate of drug-likeness (QED) is 0.742. The standard InChI is InChI=1S/C14H26N2O2/c1-5-12-10(2)18-11(3)13(12)14(17)16-8-6-15(4)7-9-16/h10-13H,5-9H2,1-4H3. The lowest BCUT2D eigenvalue weighted by Crippen LogP contribution is -2.50. The first-order valence-corrected chi connectivity index (χ1v) is 7.17. The summed E-state index contributed by atoms with van der Waals surface area (Å²) in [5.41, 5.74) is 0. The minimum atomic E-state index is 0.0633. The summed E-state index contributed by atoms with van der Waals surface area (Å²) >= 11 is 0. The molecule has 4 atom stereocenters. The molecule has 104 valence electrons. The van der Waals surface area contributed by atoms with Gasteiger partial charge in [-0.15, -0.1) is 0 Å². The van der Waals surface area contributed by atoms with Gasteiger partial charge in [0, 0.05) is 26.2 Å². The third kappa shape index (κ3) is 2.54. The highest BCUT2D eigenvalue weighted by Crippen LogP contribution is 2.36. The SMILES string of the molecule is CCC1C(C)OC(C)C1C(=O)N1CCN(C)CC1. The number of amides is 1. The topological polar surface area (TPSA) is 32.8 Å². The zero-order chi connectivity index (χ0) is 13.3. The molecule has 0 N–H and O–H groups in total. The fourth-order valence-electron chi connectivity index (χ4n) is 3.37. The average molecular weight is 254 g/mol. The Morgan fingerprint density at radius 3 is 2.33 bits per heavy atom. The van der Waals surface area contributed by atoms with Gasteiger partial charge in [0.15, 0.2) is 0 Å². The zero-order valence-corrected chi connectivity index (χ0v) is 12.1. The first-order chi connectivity index (χ1) is 8.54. The Labute approximate surface area is 110 Å². The summed E-state index contributed by atoms with van der Waals surface area (Å²) in [6.45, 7) is 10.0. The van der Waals surface area contributed by atoms with E-state index in [0.717, 1.165) is 32.6 Å². The van der Waals surface area contributed by atoms with Gasteiger partial charge in [-0.2, -0.15) is 0 Å². The van der Waals surface area contributed by atoms with Crippen LogP contribution in [0.25, 0.3) is 0 Å². The Morgan fingerprint density at radius 1 is 1.17 bits per heavy atom. The van der Waals surface area contributed by atoms with E-state index in [9.17, 15) is 4.79 Å². The Morgan fingerprint density at radius 2 is 1.78 bits per heavy atom. The third-order valence-electron chi connectivity index (χ3n) is 4.57. The van der Waals surface area contributed by atoms with E-state index in [4.69, 9.17) is 4.74 Å². The van der Waals surface area contributed by atoms with Crippen LogP contribution in [-0.2, 0) is 9.53 Å². The smallest absolute Gasteiger partial charge is 0.228 e. The summed E-state index contributed by atoms with van der Waals surface area (Å²) in [6, 6.07) is 0. The highest BCUT2D eigenvalue weighted by molar-refractivity contribution is 5.80. The number of nitrogens with zero attached hydrogens (tertiary/aromatic N) is 2. The molecule has 0 spiro atoms. The molecule has 0 saturated carbocycles. The number of carbonyl (C=O) groups excluding carboxylic acids is 1. The molecule has 2 heterocycles. The van der Waals surface area contributed by atoms with Crippen LogP contribution in [-0.4, -0.2) is 61.1 Å². The molecule has 18 heavy (non-hydrogen) atoms. The van der Waals surface area contributed by atoms with Gasteiger partial charge < -0.3 is 14.5 Å². The molecule has 0 bridgehead atoms. The van der Waals surface area contributed by atoms with Gasteiger partial charge in [-0.3, -0.25) is 4.79 Å². The van der Waals surface area contributed by atoms with Crippen molar-refractivity contribution < 1.29 is 9.53 Å². The van der Waals surface area contributed by atoms with Crippen LogP contribution in [0.1, 0.15) is 27.2 Å². The van der Waals surface area contributed by atoms with Crippen molar-refractivity contribution in [3.63, 3.8) is 0 Å². The van der Waals surface area contributed by atoms with Gasteiger partial charge in [0.1, 0.15) is 0 Å². The normalized spacial score (nSPS) is 38.1. The van der Waals surface area contributed by atoms with E-state index in [0.29, 0.717) is 11.8 Å². The van der Waals surface area contributed by atoms with E-state index in [1.165, 1.54) is 0 Å². The van der Waals surface area contributed by atoms with Crippen molar-refractivity contribution in [2.24, 2.45) is 11.8 Å². The van der Waals surface area contributed by atoms with E-state index in [2.05, 4.69) is 25.8 Å². The van der Waals surface area contributed by atoms with Crippen LogP contribution in [0, 0.1) is 11.8 Å². The van der Waals surface area contributed by atoms with Crippen LogP contribution in [0.3, 0.4) is 0 Å². The third-order valence-corrected chi connectivity index (χ3v) is 4.57. The maximum absolute atomic E-state index is 12.7. The largest absolute Gasteiger partial charge is 0.374 e. The average Bonchev–Trinajstić information content (AvgIpc) is 2.63. The molecular formula is C14H26N2O2. The Hall–Kier alpha value is -0.610. The zero-order valence-electron chi connectivity index (χ0n) is 12.1. The molecule has 2 saturated heterocycles. The van der Waals surface area contributed by atoms with Gasteiger partial charge in [0.25, 0.3) is 0 Å². The summed E-state index contributed by atoms with van der Waals surface area (Å²) in [4.78, 5) is 17.0.